The average Bonchev–Trinajstić information content (AvgIpc) is 2.47. The molecule has 0 unspecified atom stereocenters. The number of nitrogens with zero attached hydrogens (tertiary/aromatic N) is 2. The van der Waals surface area contributed by atoms with Gasteiger partial charge in [0, 0.05) is 24.2 Å². The molecule has 0 saturated carbocycles. The second kappa shape index (κ2) is 5.29. The third-order valence-electron chi connectivity index (χ3n) is 3.68. The Bertz CT molecular complexity index is 666. The predicted molar refractivity (Wildman–Crippen MR) is 79.8 cm³/mol. The molecule has 0 atom stereocenters. The van der Waals surface area contributed by atoms with Gasteiger partial charge < -0.3 is 10.0 Å². The molecule has 104 valence electrons. The minimum absolute atomic E-state index is 0.0202. The van der Waals surface area contributed by atoms with Gasteiger partial charge in [-0.15, -0.1) is 0 Å². The van der Waals surface area contributed by atoms with E-state index >= 15 is 0 Å². The Morgan fingerprint density at radius 2 is 1.95 bits per heavy atom. The van der Waals surface area contributed by atoms with Crippen molar-refractivity contribution >= 4 is 34.2 Å². The monoisotopic (exact) mass is 290 g/mol. The van der Waals surface area contributed by atoms with Gasteiger partial charge in [-0.1, -0.05) is 11.6 Å². The first kappa shape index (κ1) is 13.2. The van der Waals surface area contributed by atoms with Crippen LogP contribution in [0.15, 0.2) is 24.3 Å². The lowest BCUT2D eigenvalue weighted by atomic mass is 10.1. The van der Waals surface area contributed by atoms with Crippen LogP contribution in [0.3, 0.4) is 0 Å². The SMILES string of the molecule is O=C(O)c1cc(Cl)c2cc(N3CCCCC3)ccc2n1. The molecular weight excluding hydrogens is 276 g/mol. The fourth-order valence-electron chi connectivity index (χ4n) is 2.63. The Balaban J connectivity index is 2.04. The zero-order valence-corrected chi connectivity index (χ0v) is 11.7. The molecule has 1 saturated heterocycles. The highest BCUT2D eigenvalue weighted by Crippen LogP contribution is 2.29. The van der Waals surface area contributed by atoms with Gasteiger partial charge in [0.05, 0.1) is 10.5 Å². The molecule has 4 nitrogen and oxygen atoms in total. The van der Waals surface area contributed by atoms with Crippen LogP contribution in [0.1, 0.15) is 29.8 Å². The van der Waals surface area contributed by atoms with Gasteiger partial charge in [-0.25, -0.2) is 9.78 Å². The van der Waals surface area contributed by atoms with Crippen molar-refractivity contribution in [2.45, 2.75) is 19.3 Å². The fraction of sp³-hybridized carbons (Fsp3) is 0.333. The highest BCUT2D eigenvalue weighted by Gasteiger charge is 2.14. The number of piperidine rings is 1. The van der Waals surface area contributed by atoms with Gasteiger partial charge in [-0.05, 0) is 43.5 Å². The summed E-state index contributed by atoms with van der Waals surface area (Å²) in [4.78, 5) is 17.4. The molecule has 1 fully saturated rings. The lowest BCUT2D eigenvalue weighted by Gasteiger charge is -2.29. The molecule has 1 N–H and O–H groups in total. The topological polar surface area (TPSA) is 53.4 Å². The minimum Gasteiger partial charge on any atom is -0.477 e. The Morgan fingerprint density at radius 1 is 1.20 bits per heavy atom. The van der Waals surface area contributed by atoms with Crippen molar-refractivity contribution in [1.29, 1.82) is 0 Å². The van der Waals surface area contributed by atoms with E-state index < -0.39 is 5.97 Å². The van der Waals surface area contributed by atoms with Crippen LogP contribution >= 0.6 is 11.6 Å². The Labute approximate surface area is 122 Å². The lowest BCUT2D eigenvalue weighted by Crippen LogP contribution is -2.29. The van der Waals surface area contributed by atoms with Crippen LogP contribution in [0, 0.1) is 0 Å². The highest BCUT2D eigenvalue weighted by atomic mass is 35.5. The van der Waals surface area contributed by atoms with Crippen LogP contribution in [0.25, 0.3) is 10.9 Å². The van der Waals surface area contributed by atoms with E-state index in [9.17, 15) is 4.79 Å². The maximum absolute atomic E-state index is 11.0. The van der Waals surface area contributed by atoms with Gasteiger partial charge in [0.15, 0.2) is 0 Å². The van der Waals surface area contributed by atoms with Crippen molar-refractivity contribution in [3.63, 3.8) is 0 Å². The highest BCUT2D eigenvalue weighted by molar-refractivity contribution is 6.35. The van der Waals surface area contributed by atoms with Gasteiger partial charge in [-0.3, -0.25) is 0 Å². The van der Waals surface area contributed by atoms with Crippen molar-refractivity contribution in [2.75, 3.05) is 18.0 Å². The summed E-state index contributed by atoms with van der Waals surface area (Å²) in [5.74, 6) is -1.06. The molecule has 1 aromatic heterocycles. The number of hydrogen-bond donors (Lipinski definition) is 1. The first-order valence-corrected chi connectivity index (χ1v) is 7.11. The van der Waals surface area contributed by atoms with Crippen LogP contribution in [0.4, 0.5) is 5.69 Å². The molecule has 20 heavy (non-hydrogen) atoms. The quantitative estimate of drug-likeness (QED) is 0.918. The molecular formula is C15H15ClN2O2. The number of fused-ring (bicyclic) bond motifs is 1. The van der Waals surface area contributed by atoms with E-state index in [1.165, 1.54) is 25.3 Å². The molecule has 1 aromatic carbocycles. The molecule has 0 bridgehead atoms. The van der Waals surface area contributed by atoms with Gasteiger partial charge in [-0.2, -0.15) is 0 Å². The number of carbonyl (C=O) groups is 1. The van der Waals surface area contributed by atoms with Crippen molar-refractivity contribution in [3.05, 3.63) is 35.0 Å². The summed E-state index contributed by atoms with van der Waals surface area (Å²) in [6, 6.07) is 7.24. The number of benzene rings is 1. The molecule has 0 aliphatic carbocycles. The summed E-state index contributed by atoms with van der Waals surface area (Å²) in [6.45, 7) is 2.12. The summed E-state index contributed by atoms with van der Waals surface area (Å²) in [6.07, 6.45) is 3.71. The number of carboxylic acid groups (broad SMARTS) is 1. The Hall–Kier alpha value is -1.81. The third-order valence-corrected chi connectivity index (χ3v) is 3.99. The zero-order valence-electron chi connectivity index (χ0n) is 11.0. The largest absolute Gasteiger partial charge is 0.477 e. The molecule has 1 aliphatic heterocycles. The standard InChI is InChI=1S/C15H15ClN2O2/c16-12-9-14(15(19)20)17-13-5-4-10(8-11(12)13)18-6-2-1-3-7-18/h4-5,8-9H,1-3,6-7H2,(H,19,20). The smallest absolute Gasteiger partial charge is 0.354 e. The molecule has 5 heteroatoms. The molecule has 1 aliphatic rings. The van der Waals surface area contributed by atoms with E-state index in [0.29, 0.717) is 10.5 Å². The summed E-state index contributed by atoms with van der Waals surface area (Å²) in [5, 5.41) is 10.2. The maximum Gasteiger partial charge on any atom is 0.354 e. The van der Waals surface area contributed by atoms with E-state index in [1.54, 1.807) is 0 Å². The summed E-state index contributed by atoms with van der Waals surface area (Å²) < 4.78 is 0. The van der Waals surface area contributed by atoms with Gasteiger partial charge in [0.2, 0.25) is 0 Å². The van der Waals surface area contributed by atoms with Crippen LogP contribution in [0.5, 0.6) is 0 Å². The first-order chi connectivity index (χ1) is 9.65. The molecule has 2 heterocycles. The molecule has 3 rings (SSSR count). The van der Waals surface area contributed by atoms with E-state index in [-0.39, 0.29) is 5.69 Å². The number of rotatable bonds is 2. The van der Waals surface area contributed by atoms with Crippen molar-refractivity contribution in [2.24, 2.45) is 0 Å². The fourth-order valence-corrected chi connectivity index (χ4v) is 2.89. The second-order valence-corrected chi connectivity index (χ2v) is 5.45. The number of aromatic carboxylic acids is 1. The molecule has 0 amide bonds. The number of hydrogen-bond acceptors (Lipinski definition) is 3. The van der Waals surface area contributed by atoms with E-state index in [4.69, 9.17) is 16.7 Å². The number of anilines is 1. The van der Waals surface area contributed by atoms with Gasteiger partial charge in [0.1, 0.15) is 5.69 Å². The van der Waals surface area contributed by atoms with E-state index in [1.807, 2.05) is 18.2 Å². The number of carboxylic acids is 1. The Kier molecular flexibility index (Phi) is 3.49. The summed E-state index contributed by atoms with van der Waals surface area (Å²) in [7, 11) is 0. The zero-order chi connectivity index (χ0) is 14.1. The van der Waals surface area contributed by atoms with E-state index in [2.05, 4.69) is 9.88 Å². The predicted octanol–water partition coefficient (Wildman–Crippen LogP) is 3.58. The first-order valence-electron chi connectivity index (χ1n) is 6.74. The van der Waals surface area contributed by atoms with Crippen molar-refractivity contribution < 1.29 is 9.90 Å². The molecule has 2 aromatic rings. The number of halogens is 1. The Morgan fingerprint density at radius 3 is 2.65 bits per heavy atom. The summed E-state index contributed by atoms with van der Waals surface area (Å²) >= 11 is 6.20. The number of pyridine rings is 1. The molecule has 0 radical (unpaired) electrons. The van der Waals surface area contributed by atoms with Gasteiger partial charge in [0.25, 0.3) is 0 Å². The number of aromatic nitrogens is 1. The van der Waals surface area contributed by atoms with Crippen LogP contribution < -0.4 is 4.90 Å². The van der Waals surface area contributed by atoms with Crippen LogP contribution in [0.2, 0.25) is 5.02 Å². The third kappa shape index (κ3) is 2.43. The lowest BCUT2D eigenvalue weighted by molar-refractivity contribution is 0.0691. The maximum atomic E-state index is 11.0. The average molecular weight is 291 g/mol. The van der Waals surface area contributed by atoms with Crippen LogP contribution in [-0.4, -0.2) is 29.1 Å². The minimum atomic E-state index is -1.06. The van der Waals surface area contributed by atoms with Crippen molar-refractivity contribution in [3.8, 4) is 0 Å². The van der Waals surface area contributed by atoms with E-state index in [0.717, 1.165) is 24.2 Å². The normalized spacial score (nSPS) is 15.6. The summed E-state index contributed by atoms with van der Waals surface area (Å²) in [5.41, 5.74) is 1.73. The van der Waals surface area contributed by atoms with Gasteiger partial charge >= 0.3 is 5.97 Å². The molecule has 0 spiro atoms. The van der Waals surface area contributed by atoms with Crippen molar-refractivity contribution in [1.82, 2.24) is 4.98 Å². The van der Waals surface area contributed by atoms with Crippen LogP contribution in [-0.2, 0) is 0 Å². The second-order valence-electron chi connectivity index (χ2n) is 5.04.